The van der Waals surface area contributed by atoms with Gasteiger partial charge in [0.2, 0.25) is 0 Å². The minimum atomic E-state index is 0.685. The van der Waals surface area contributed by atoms with Gasteiger partial charge in [-0.05, 0) is 30.7 Å². The summed E-state index contributed by atoms with van der Waals surface area (Å²) in [6, 6.07) is 13.4. The van der Waals surface area contributed by atoms with Gasteiger partial charge in [0.1, 0.15) is 0 Å². The van der Waals surface area contributed by atoms with Crippen LogP contribution in [0.3, 0.4) is 0 Å². The van der Waals surface area contributed by atoms with Crippen LogP contribution in [0.5, 0.6) is 0 Å². The third-order valence-corrected chi connectivity index (χ3v) is 2.77. The first-order chi connectivity index (χ1) is 7.68. The van der Waals surface area contributed by atoms with E-state index in [1.165, 1.54) is 0 Å². The van der Waals surface area contributed by atoms with Crippen molar-refractivity contribution in [3.05, 3.63) is 53.1 Å². The van der Waals surface area contributed by atoms with Gasteiger partial charge < -0.3 is 11.1 Å². The van der Waals surface area contributed by atoms with Gasteiger partial charge >= 0.3 is 0 Å². The molecule has 0 aliphatic heterocycles. The average molecular weight is 233 g/mol. The molecule has 0 saturated heterocycles. The molecule has 16 heavy (non-hydrogen) atoms. The second-order valence-corrected chi connectivity index (χ2v) is 4.05. The van der Waals surface area contributed by atoms with Crippen LogP contribution in [0.2, 0.25) is 5.02 Å². The van der Waals surface area contributed by atoms with Crippen LogP contribution in [0.25, 0.3) is 0 Å². The summed E-state index contributed by atoms with van der Waals surface area (Å²) in [7, 11) is 0. The molecular formula is C13H13ClN2. The highest BCUT2D eigenvalue weighted by Crippen LogP contribution is 2.30. The molecule has 0 aliphatic rings. The minimum Gasteiger partial charge on any atom is -0.397 e. The third kappa shape index (κ3) is 2.12. The lowest BCUT2D eigenvalue weighted by Crippen LogP contribution is -1.98. The van der Waals surface area contributed by atoms with Gasteiger partial charge in [0, 0.05) is 0 Å². The van der Waals surface area contributed by atoms with Crippen LogP contribution >= 0.6 is 11.6 Å². The summed E-state index contributed by atoms with van der Waals surface area (Å²) in [4.78, 5) is 0. The molecule has 0 aromatic heterocycles. The highest BCUT2D eigenvalue weighted by Gasteiger charge is 2.04. The monoisotopic (exact) mass is 232 g/mol. The van der Waals surface area contributed by atoms with Crippen molar-refractivity contribution in [2.45, 2.75) is 6.92 Å². The molecule has 2 aromatic carbocycles. The normalized spacial score (nSPS) is 10.1. The molecule has 0 spiro atoms. The third-order valence-electron chi connectivity index (χ3n) is 2.44. The number of nitrogens with one attached hydrogen (secondary N) is 1. The van der Waals surface area contributed by atoms with E-state index in [1.807, 2.05) is 49.4 Å². The van der Waals surface area contributed by atoms with Crippen LogP contribution in [0.15, 0.2) is 42.5 Å². The van der Waals surface area contributed by atoms with E-state index in [1.54, 1.807) is 0 Å². The Morgan fingerprint density at radius 2 is 1.81 bits per heavy atom. The molecule has 0 amide bonds. The molecule has 0 atom stereocenters. The highest BCUT2D eigenvalue weighted by atomic mass is 35.5. The topological polar surface area (TPSA) is 38.0 Å². The van der Waals surface area contributed by atoms with Crippen molar-refractivity contribution in [2.75, 3.05) is 11.1 Å². The van der Waals surface area contributed by atoms with Crippen LogP contribution < -0.4 is 11.1 Å². The number of nitrogen functional groups attached to an aromatic ring is 1. The van der Waals surface area contributed by atoms with Crippen LogP contribution in [0, 0.1) is 6.92 Å². The van der Waals surface area contributed by atoms with Crippen molar-refractivity contribution in [3.8, 4) is 0 Å². The molecule has 0 bridgehead atoms. The second kappa shape index (κ2) is 4.45. The summed E-state index contributed by atoms with van der Waals surface area (Å²) in [6.45, 7) is 2.01. The van der Waals surface area contributed by atoms with Gasteiger partial charge in [0.05, 0.1) is 22.1 Å². The number of para-hydroxylation sites is 2. The van der Waals surface area contributed by atoms with Gasteiger partial charge in [-0.2, -0.15) is 0 Å². The molecule has 0 saturated carbocycles. The van der Waals surface area contributed by atoms with Gasteiger partial charge in [-0.1, -0.05) is 35.9 Å². The number of rotatable bonds is 2. The van der Waals surface area contributed by atoms with Crippen molar-refractivity contribution in [2.24, 2.45) is 0 Å². The van der Waals surface area contributed by atoms with Crippen LogP contribution in [-0.4, -0.2) is 0 Å². The van der Waals surface area contributed by atoms with E-state index in [9.17, 15) is 0 Å². The number of benzene rings is 2. The van der Waals surface area contributed by atoms with Crippen LogP contribution in [0.1, 0.15) is 5.56 Å². The van der Waals surface area contributed by atoms with Gasteiger partial charge in [0.15, 0.2) is 0 Å². The Labute approximate surface area is 100 Å². The van der Waals surface area contributed by atoms with E-state index < -0.39 is 0 Å². The molecule has 82 valence electrons. The molecule has 3 N–H and O–H groups in total. The standard InChI is InChI=1S/C13H13ClN2/c1-9-5-4-7-11(15)13(9)16-12-8-3-2-6-10(12)14/h2-8,16H,15H2,1H3. The zero-order valence-electron chi connectivity index (χ0n) is 9.00. The summed E-state index contributed by atoms with van der Waals surface area (Å²) >= 11 is 6.08. The fourth-order valence-corrected chi connectivity index (χ4v) is 1.74. The van der Waals surface area contributed by atoms with Gasteiger partial charge in [-0.3, -0.25) is 0 Å². The molecule has 2 aromatic rings. The molecule has 0 aliphatic carbocycles. The zero-order chi connectivity index (χ0) is 11.5. The number of aryl methyl sites for hydroxylation is 1. The fourth-order valence-electron chi connectivity index (χ4n) is 1.56. The summed E-state index contributed by atoms with van der Waals surface area (Å²) in [5.41, 5.74) is 9.51. The van der Waals surface area contributed by atoms with Gasteiger partial charge in [-0.25, -0.2) is 0 Å². The number of hydrogen-bond donors (Lipinski definition) is 2. The number of nitrogens with two attached hydrogens (primary N) is 1. The largest absolute Gasteiger partial charge is 0.397 e. The Morgan fingerprint density at radius 1 is 1.06 bits per heavy atom. The lowest BCUT2D eigenvalue weighted by atomic mass is 10.1. The summed E-state index contributed by atoms with van der Waals surface area (Å²) in [6.07, 6.45) is 0. The van der Waals surface area contributed by atoms with Crippen LogP contribution in [0.4, 0.5) is 17.1 Å². The quantitative estimate of drug-likeness (QED) is 0.769. The number of hydrogen-bond acceptors (Lipinski definition) is 2. The van der Waals surface area contributed by atoms with E-state index in [4.69, 9.17) is 17.3 Å². The lowest BCUT2D eigenvalue weighted by Gasteiger charge is -2.13. The SMILES string of the molecule is Cc1cccc(N)c1Nc1ccccc1Cl. The van der Waals surface area contributed by atoms with Gasteiger partial charge in [-0.15, -0.1) is 0 Å². The maximum Gasteiger partial charge on any atom is 0.0647 e. The smallest absolute Gasteiger partial charge is 0.0647 e. The van der Waals surface area contributed by atoms with Crippen LogP contribution in [-0.2, 0) is 0 Å². The maximum absolute atomic E-state index is 6.08. The molecular weight excluding hydrogens is 220 g/mol. The summed E-state index contributed by atoms with van der Waals surface area (Å²) in [5.74, 6) is 0. The molecule has 0 radical (unpaired) electrons. The fraction of sp³-hybridized carbons (Fsp3) is 0.0769. The van der Waals surface area contributed by atoms with E-state index in [0.717, 1.165) is 22.6 Å². The minimum absolute atomic E-state index is 0.685. The molecule has 3 heteroatoms. The number of anilines is 3. The van der Waals surface area contributed by atoms with E-state index >= 15 is 0 Å². The Morgan fingerprint density at radius 3 is 2.50 bits per heavy atom. The molecule has 0 heterocycles. The van der Waals surface area contributed by atoms with Crippen molar-refractivity contribution < 1.29 is 0 Å². The lowest BCUT2D eigenvalue weighted by molar-refractivity contribution is 1.43. The maximum atomic E-state index is 6.08. The summed E-state index contributed by atoms with van der Waals surface area (Å²) in [5, 5.41) is 3.94. The predicted octanol–water partition coefficient (Wildman–Crippen LogP) is 3.97. The van der Waals surface area contributed by atoms with Crippen molar-refractivity contribution in [1.82, 2.24) is 0 Å². The Bertz CT molecular complexity index is 489. The Balaban J connectivity index is 2.38. The zero-order valence-corrected chi connectivity index (χ0v) is 9.75. The first-order valence-electron chi connectivity index (χ1n) is 5.05. The molecule has 0 unspecified atom stereocenters. The average Bonchev–Trinajstić information content (AvgIpc) is 2.26. The first-order valence-corrected chi connectivity index (χ1v) is 5.43. The molecule has 2 nitrogen and oxygen atoms in total. The van der Waals surface area contributed by atoms with E-state index in [0.29, 0.717) is 5.02 Å². The Hall–Kier alpha value is -1.67. The number of halogens is 1. The highest BCUT2D eigenvalue weighted by molar-refractivity contribution is 6.33. The van der Waals surface area contributed by atoms with Crippen molar-refractivity contribution in [3.63, 3.8) is 0 Å². The van der Waals surface area contributed by atoms with E-state index in [2.05, 4.69) is 5.32 Å². The van der Waals surface area contributed by atoms with Gasteiger partial charge in [0.25, 0.3) is 0 Å². The summed E-state index contributed by atoms with van der Waals surface area (Å²) < 4.78 is 0. The second-order valence-electron chi connectivity index (χ2n) is 3.64. The molecule has 2 rings (SSSR count). The van der Waals surface area contributed by atoms with E-state index in [-0.39, 0.29) is 0 Å². The Kier molecular flexibility index (Phi) is 3.02. The molecule has 0 fully saturated rings. The van der Waals surface area contributed by atoms with Crippen molar-refractivity contribution >= 4 is 28.7 Å². The predicted molar refractivity (Wildman–Crippen MR) is 70.3 cm³/mol. The van der Waals surface area contributed by atoms with Crippen molar-refractivity contribution in [1.29, 1.82) is 0 Å². The first kappa shape index (κ1) is 10.8.